The Morgan fingerprint density at radius 3 is 2.74 bits per heavy atom. The molecular formula is C15H16BrN3. The Bertz CT molecular complexity index is 595. The molecule has 0 radical (unpaired) electrons. The maximum Gasteiger partial charge on any atom is 0.223 e. The SMILES string of the molecule is Cc1ccc2c(c1)[C@H](Nc1ncc(Br)cn1)[C@@H](C)C2. The van der Waals surface area contributed by atoms with Crippen LogP contribution in [0.25, 0.3) is 0 Å². The Hall–Kier alpha value is -1.42. The summed E-state index contributed by atoms with van der Waals surface area (Å²) in [6.45, 7) is 4.41. The molecule has 0 amide bonds. The first-order valence-corrected chi connectivity index (χ1v) is 7.26. The smallest absolute Gasteiger partial charge is 0.223 e. The molecule has 0 aliphatic heterocycles. The maximum absolute atomic E-state index is 4.30. The monoisotopic (exact) mass is 317 g/mol. The van der Waals surface area contributed by atoms with E-state index in [4.69, 9.17) is 0 Å². The second-order valence-electron chi connectivity index (χ2n) is 5.23. The lowest BCUT2D eigenvalue weighted by atomic mass is 10.0. The molecule has 0 saturated carbocycles. The highest BCUT2D eigenvalue weighted by Gasteiger charge is 2.29. The van der Waals surface area contributed by atoms with E-state index in [0.29, 0.717) is 17.9 Å². The Morgan fingerprint density at radius 1 is 1.26 bits per heavy atom. The van der Waals surface area contributed by atoms with Gasteiger partial charge in [0.2, 0.25) is 5.95 Å². The van der Waals surface area contributed by atoms with Crippen LogP contribution in [0.5, 0.6) is 0 Å². The number of hydrogen-bond acceptors (Lipinski definition) is 3. The molecule has 1 aromatic carbocycles. The number of rotatable bonds is 2. The van der Waals surface area contributed by atoms with Gasteiger partial charge in [0.25, 0.3) is 0 Å². The molecule has 0 saturated heterocycles. The number of benzene rings is 1. The predicted molar refractivity (Wildman–Crippen MR) is 80.1 cm³/mol. The summed E-state index contributed by atoms with van der Waals surface area (Å²) in [6.07, 6.45) is 4.65. The molecule has 1 N–H and O–H groups in total. The Balaban J connectivity index is 1.89. The fraction of sp³-hybridized carbons (Fsp3) is 0.333. The molecule has 4 heteroatoms. The molecule has 1 aliphatic rings. The van der Waals surface area contributed by atoms with Crippen LogP contribution in [-0.2, 0) is 6.42 Å². The van der Waals surface area contributed by atoms with Gasteiger partial charge in [-0.05, 0) is 46.3 Å². The van der Waals surface area contributed by atoms with Crippen LogP contribution < -0.4 is 5.32 Å². The van der Waals surface area contributed by atoms with Crippen LogP contribution in [0.1, 0.15) is 29.7 Å². The summed E-state index contributed by atoms with van der Waals surface area (Å²) in [6, 6.07) is 7.00. The summed E-state index contributed by atoms with van der Waals surface area (Å²) in [5.41, 5.74) is 4.13. The molecule has 0 spiro atoms. The van der Waals surface area contributed by atoms with Gasteiger partial charge in [0, 0.05) is 12.4 Å². The molecule has 19 heavy (non-hydrogen) atoms. The van der Waals surface area contributed by atoms with Crippen molar-refractivity contribution in [2.24, 2.45) is 5.92 Å². The van der Waals surface area contributed by atoms with E-state index in [1.165, 1.54) is 16.7 Å². The molecule has 2 atom stereocenters. The van der Waals surface area contributed by atoms with Crippen molar-refractivity contribution in [1.82, 2.24) is 9.97 Å². The largest absolute Gasteiger partial charge is 0.347 e. The Morgan fingerprint density at radius 2 is 2.00 bits per heavy atom. The zero-order valence-electron chi connectivity index (χ0n) is 11.0. The predicted octanol–water partition coefficient (Wildman–Crippen LogP) is 3.89. The van der Waals surface area contributed by atoms with Crippen molar-refractivity contribution in [3.63, 3.8) is 0 Å². The van der Waals surface area contributed by atoms with Gasteiger partial charge in [-0.1, -0.05) is 30.7 Å². The molecule has 0 fully saturated rings. The minimum atomic E-state index is 0.302. The second kappa shape index (κ2) is 4.93. The standard InChI is InChI=1S/C15H16BrN3/c1-9-3-4-11-6-10(2)14(13(11)5-9)19-15-17-7-12(16)8-18-15/h3-5,7-8,10,14H,6H2,1-2H3,(H,17,18,19)/t10-,14+/m0/s1. The van der Waals surface area contributed by atoms with Crippen LogP contribution in [-0.4, -0.2) is 9.97 Å². The van der Waals surface area contributed by atoms with E-state index >= 15 is 0 Å². The fourth-order valence-electron chi connectivity index (χ4n) is 2.71. The van der Waals surface area contributed by atoms with Gasteiger partial charge in [-0.3, -0.25) is 0 Å². The number of fused-ring (bicyclic) bond motifs is 1. The highest BCUT2D eigenvalue weighted by Crippen LogP contribution is 2.38. The van der Waals surface area contributed by atoms with Crippen molar-refractivity contribution in [2.45, 2.75) is 26.3 Å². The molecule has 3 rings (SSSR count). The zero-order chi connectivity index (χ0) is 13.4. The summed E-state index contributed by atoms with van der Waals surface area (Å²) in [7, 11) is 0. The van der Waals surface area contributed by atoms with E-state index < -0.39 is 0 Å². The van der Waals surface area contributed by atoms with Crippen LogP contribution in [0.4, 0.5) is 5.95 Å². The van der Waals surface area contributed by atoms with Crippen LogP contribution >= 0.6 is 15.9 Å². The molecule has 1 aromatic heterocycles. The summed E-state index contributed by atoms with van der Waals surface area (Å²) < 4.78 is 0.897. The normalized spacial score (nSPS) is 21.2. The molecule has 1 aliphatic carbocycles. The first kappa shape index (κ1) is 12.6. The average Bonchev–Trinajstić information content (AvgIpc) is 2.69. The molecule has 3 nitrogen and oxygen atoms in total. The van der Waals surface area contributed by atoms with Gasteiger partial charge >= 0.3 is 0 Å². The zero-order valence-corrected chi connectivity index (χ0v) is 12.6. The lowest BCUT2D eigenvalue weighted by Crippen LogP contribution is -2.16. The minimum Gasteiger partial charge on any atom is -0.347 e. The van der Waals surface area contributed by atoms with Crippen LogP contribution in [0.3, 0.4) is 0 Å². The fourth-order valence-corrected chi connectivity index (χ4v) is 2.91. The first-order valence-electron chi connectivity index (χ1n) is 6.47. The number of aryl methyl sites for hydroxylation is 1. The molecule has 2 aromatic rings. The van der Waals surface area contributed by atoms with Gasteiger partial charge < -0.3 is 5.32 Å². The molecule has 0 unspecified atom stereocenters. The lowest BCUT2D eigenvalue weighted by molar-refractivity contribution is 0.539. The van der Waals surface area contributed by atoms with Gasteiger partial charge in [-0.15, -0.1) is 0 Å². The van der Waals surface area contributed by atoms with E-state index in [1.807, 2.05) is 0 Å². The maximum atomic E-state index is 4.30. The third kappa shape index (κ3) is 2.50. The summed E-state index contributed by atoms with van der Waals surface area (Å²) >= 11 is 3.35. The van der Waals surface area contributed by atoms with Gasteiger partial charge in [-0.25, -0.2) is 9.97 Å². The topological polar surface area (TPSA) is 37.8 Å². The summed E-state index contributed by atoms with van der Waals surface area (Å²) in [5.74, 6) is 1.25. The van der Waals surface area contributed by atoms with Crippen LogP contribution in [0.15, 0.2) is 35.1 Å². The average molecular weight is 318 g/mol. The number of halogens is 1. The van der Waals surface area contributed by atoms with Crippen LogP contribution in [0, 0.1) is 12.8 Å². The van der Waals surface area contributed by atoms with Crippen molar-refractivity contribution in [3.8, 4) is 0 Å². The third-order valence-electron chi connectivity index (χ3n) is 3.65. The summed E-state index contributed by atoms with van der Waals surface area (Å²) in [4.78, 5) is 8.60. The van der Waals surface area contributed by atoms with Crippen molar-refractivity contribution in [3.05, 3.63) is 51.8 Å². The number of nitrogens with zero attached hydrogens (tertiary/aromatic N) is 2. The van der Waals surface area contributed by atoms with E-state index in [2.05, 4.69) is 63.3 Å². The van der Waals surface area contributed by atoms with Gasteiger partial charge in [0.05, 0.1) is 10.5 Å². The molecular weight excluding hydrogens is 302 g/mol. The van der Waals surface area contributed by atoms with E-state index in [9.17, 15) is 0 Å². The minimum absolute atomic E-state index is 0.302. The van der Waals surface area contributed by atoms with Crippen molar-refractivity contribution < 1.29 is 0 Å². The van der Waals surface area contributed by atoms with Crippen molar-refractivity contribution in [2.75, 3.05) is 5.32 Å². The van der Waals surface area contributed by atoms with Crippen molar-refractivity contribution >= 4 is 21.9 Å². The first-order chi connectivity index (χ1) is 9.13. The van der Waals surface area contributed by atoms with E-state index in [-0.39, 0.29) is 0 Å². The number of anilines is 1. The third-order valence-corrected chi connectivity index (χ3v) is 4.06. The quantitative estimate of drug-likeness (QED) is 0.913. The molecule has 98 valence electrons. The highest BCUT2D eigenvalue weighted by atomic mass is 79.9. The number of nitrogens with one attached hydrogen (secondary N) is 1. The number of aromatic nitrogens is 2. The van der Waals surface area contributed by atoms with E-state index in [1.54, 1.807) is 12.4 Å². The van der Waals surface area contributed by atoms with Crippen molar-refractivity contribution in [1.29, 1.82) is 0 Å². The number of hydrogen-bond donors (Lipinski definition) is 1. The van der Waals surface area contributed by atoms with Gasteiger partial charge in [0.1, 0.15) is 0 Å². The van der Waals surface area contributed by atoms with Gasteiger partial charge in [0.15, 0.2) is 0 Å². The summed E-state index contributed by atoms with van der Waals surface area (Å²) in [5, 5.41) is 3.46. The van der Waals surface area contributed by atoms with E-state index in [0.717, 1.165) is 10.9 Å². The second-order valence-corrected chi connectivity index (χ2v) is 6.15. The highest BCUT2D eigenvalue weighted by molar-refractivity contribution is 9.10. The Labute approximate surface area is 121 Å². The Kier molecular flexibility index (Phi) is 3.27. The lowest BCUT2D eigenvalue weighted by Gasteiger charge is -2.18. The molecule has 0 bridgehead atoms. The van der Waals surface area contributed by atoms with Gasteiger partial charge in [-0.2, -0.15) is 0 Å². The molecule has 1 heterocycles. The van der Waals surface area contributed by atoms with Crippen LogP contribution in [0.2, 0.25) is 0 Å².